The number of nitrogens with one attached hydrogen (secondary N) is 2. The molecular weight excluding hydrogens is 318 g/mol. The molecule has 1 saturated heterocycles. The number of hydrogen-bond donors (Lipinski definition) is 2. The average molecular weight is 341 g/mol. The lowest BCUT2D eigenvalue weighted by Crippen LogP contribution is -2.47. The summed E-state index contributed by atoms with van der Waals surface area (Å²) in [5.41, 5.74) is 1.33. The summed E-state index contributed by atoms with van der Waals surface area (Å²) >= 11 is 0. The van der Waals surface area contributed by atoms with Gasteiger partial charge in [-0.2, -0.15) is 5.10 Å². The van der Waals surface area contributed by atoms with Crippen LogP contribution in [0.2, 0.25) is 0 Å². The van der Waals surface area contributed by atoms with Gasteiger partial charge in [-0.25, -0.2) is 4.68 Å². The molecule has 25 heavy (non-hydrogen) atoms. The lowest BCUT2D eigenvalue weighted by atomic mass is 10.0. The third kappa shape index (κ3) is 4.45. The molecule has 1 aliphatic heterocycles. The molecule has 0 spiro atoms. The SMILES string of the molecule is CNC(=O)CN1CCC(NC(=O)c2ccn(-c3ccccc3)n2)CC1. The Hall–Kier alpha value is -2.67. The summed E-state index contributed by atoms with van der Waals surface area (Å²) in [7, 11) is 1.64. The molecular formula is C18H23N5O2. The van der Waals surface area contributed by atoms with Crippen molar-refractivity contribution in [2.45, 2.75) is 18.9 Å². The normalized spacial score (nSPS) is 15.7. The Morgan fingerprint density at radius 3 is 2.56 bits per heavy atom. The van der Waals surface area contributed by atoms with Crippen molar-refractivity contribution < 1.29 is 9.59 Å². The standard InChI is InChI=1S/C18H23N5O2/c1-19-17(24)13-22-10-7-14(8-11-22)20-18(25)16-9-12-23(21-16)15-5-3-2-4-6-15/h2-6,9,12,14H,7-8,10-11,13H2,1H3,(H,19,24)(H,20,25). The van der Waals surface area contributed by atoms with Crippen LogP contribution in [-0.2, 0) is 4.79 Å². The summed E-state index contributed by atoms with van der Waals surface area (Å²) in [6, 6.07) is 11.5. The average Bonchev–Trinajstić information content (AvgIpc) is 3.14. The van der Waals surface area contributed by atoms with Crippen LogP contribution in [0.25, 0.3) is 5.69 Å². The van der Waals surface area contributed by atoms with Crippen LogP contribution in [0, 0.1) is 0 Å². The Morgan fingerprint density at radius 2 is 1.88 bits per heavy atom. The Bertz CT molecular complexity index is 720. The van der Waals surface area contributed by atoms with Gasteiger partial charge in [0.1, 0.15) is 0 Å². The first kappa shape index (κ1) is 17.2. The molecule has 0 atom stereocenters. The Kier molecular flexibility index (Phi) is 5.45. The van der Waals surface area contributed by atoms with E-state index in [2.05, 4.69) is 20.6 Å². The molecule has 7 heteroatoms. The van der Waals surface area contributed by atoms with E-state index < -0.39 is 0 Å². The number of nitrogens with zero attached hydrogens (tertiary/aromatic N) is 3. The Balaban J connectivity index is 1.52. The van der Waals surface area contributed by atoms with E-state index in [9.17, 15) is 9.59 Å². The third-order valence-corrected chi connectivity index (χ3v) is 4.41. The van der Waals surface area contributed by atoms with Gasteiger partial charge in [-0.15, -0.1) is 0 Å². The highest BCUT2D eigenvalue weighted by Gasteiger charge is 2.23. The van der Waals surface area contributed by atoms with Gasteiger partial charge in [-0.05, 0) is 31.0 Å². The van der Waals surface area contributed by atoms with Crippen LogP contribution in [0.3, 0.4) is 0 Å². The van der Waals surface area contributed by atoms with Crippen molar-refractivity contribution in [2.75, 3.05) is 26.7 Å². The molecule has 2 N–H and O–H groups in total. The van der Waals surface area contributed by atoms with E-state index >= 15 is 0 Å². The van der Waals surface area contributed by atoms with Crippen molar-refractivity contribution in [3.8, 4) is 5.69 Å². The van der Waals surface area contributed by atoms with Gasteiger partial charge < -0.3 is 10.6 Å². The second-order valence-electron chi connectivity index (χ2n) is 6.18. The summed E-state index contributed by atoms with van der Waals surface area (Å²) in [5.74, 6) is -0.131. The fourth-order valence-corrected chi connectivity index (χ4v) is 2.95. The number of piperidine rings is 1. The number of likely N-dealkylation sites (tertiary alicyclic amines) is 1. The van der Waals surface area contributed by atoms with Crippen LogP contribution in [0.5, 0.6) is 0 Å². The van der Waals surface area contributed by atoms with E-state index in [1.54, 1.807) is 24.0 Å². The van der Waals surface area contributed by atoms with Gasteiger partial charge in [-0.1, -0.05) is 18.2 Å². The van der Waals surface area contributed by atoms with Crippen LogP contribution in [0.4, 0.5) is 0 Å². The van der Waals surface area contributed by atoms with Crippen molar-refractivity contribution >= 4 is 11.8 Å². The van der Waals surface area contributed by atoms with Crippen molar-refractivity contribution in [1.82, 2.24) is 25.3 Å². The van der Waals surface area contributed by atoms with E-state index in [-0.39, 0.29) is 17.9 Å². The minimum atomic E-state index is -0.153. The van der Waals surface area contributed by atoms with Gasteiger partial charge in [0.15, 0.2) is 5.69 Å². The molecule has 0 bridgehead atoms. The van der Waals surface area contributed by atoms with Crippen LogP contribution >= 0.6 is 0 Å². The molecule has 0 radical (unpaired) electrons. The molecule has 1 aromatic heterocycles. The van der Waals surface area contributed by atoms with Gasteiger partial charge >= 0.3 is 0 Å². The maximum atomic E-state index is 12.4. The van der Waals surface area contributed by atoms with Crippen LogP contribution in [-0.4, -0.2) is 59.2 Å². The fourth-order valence-electron chi connectivity index (χ4n) is 2.95. The predicted octanol–water partition coefficient (Wildman–Crippen LogP) is 0.812. The fraction of sp³-hybridized carbons (Fsp3) is 0.389. The van der Waals surface area contributed by atoms with E-state index in [0.29, 0.717) is 12.2 Å². The molecule has 7 nitrogen and oxygen atoms in total. The van der Waals surface area contributed by atoms with Crippen LogP contribution < -0.4 is 10.6 Å². The van der Waals surface area contributed by atoms with Crippen molar-refractivity contribution in [3.05, 3.63) is 48.3 Å². The first-order valence-electron chi connectivity index (χ1n) is 8.50. The maximum absolute atomic E-state index is 12.4. The summed E-state index contributed by atoms with van der Waals surface area (Å²) in [4.78, 5) is 25.9. The number of rotatable bonds is 5. The largest absolute Gasteiger partial charge is 0.358 e. The molecule has 2 amide bonds. The number of amides is 2. The van der Waals surface area contributed by atoms with Gasteiger partial charge in [0.25, 0.3) is 5.91 Å². The van der Waals surface area contributed by atoms with Gasteiger partial charge in [-0.3, -0.25) is 14.5 Å². The van der Waals surface area contributed by atoms with Crippen molar-refractivity contribution in [1.29, 1.82) is 0 Å². The van der Waals surface area contributed by atoms with Crippen LogP contribution in [0.1, 0.15) is 23.3 Å². The second-order valence-corrected chi connectivity index (χ2v) is 6.18. The smallest absolute Gasteiger partial charge is 0.272 e. The number of hydrogen-bond acceptors (Lipinski definition) is 4. The lowest BCUT2D eigenvalue weighted by molar-refractivity contribution is -0.122. The molecule has 1 fully saturated rings. The number of likely N-dealkylation sites (N-methyl/N-ethyl adjacent to an activating group) is 1. The minimum absolute atomic E-state index is 0.0222. The van der Waals surface area contributed by atoms with E-state index in [1.165, 1.54) is 0 Å². The van der Waals surface area contributed by atoms with Gasteiger partial charge in [0, 0.05) is 32.4 Å². The molecule has 0 saturated carbocycles. The molecule has 2 aromatic rings. The topological polar surface area (TPSA) is 79.3 Å². The number of para-hydroxylation sites is 1. The molecule has 0 aliphatic carbocycles. The highest BCUT2D eigenvalue weighted by molar-refractivity contribution is 5.92. The van der Waals surface area contributed by atoms with E-state index in [1.807, 2.05) is 30.3 Å². The van der Waals surface area contributed by atoms with E-state index in [4.69, 9.17) is 0 Å². The summed E-state index contributed by atoms with van der Waals surface area (Å²) in [6.45, 7) is 2.02. The monoisotopic (exact) mass is 341 g/mol. The van der Waals surface area contributed by atoms with Gasteiger partial charge in [0.2, 0.25) is 5.91 Å². The molecule has 3 rings (SSSR count). The highest BCUT2D eigenvalue weighted by Crippen LogP contribution is 2.11. The molecule has 132 valence electrons. The van der Waals surface area contributed by atoms with Gasteiger partial charge in [0.05, 0.1) is 12.2 Å². The zero-order valence-corrected chi connectivity index (χ0v) is 14.3. The molecule has 2 heterocycles. The number of carbonyl (C=O) groups excluding carboxylic acids is 2. The molecule has 1 aromatic carbocycles. The number of carbonyl (C=O) groups is 2. The van der Waals surface area contributed by atoms with Crippen molar-refractivity contribution in [3.63, 3.8) is 0 Å². The lowest BCUT2D eigenvalue weighted by Gasteiger charge is -2.31. The summed E-state index contributed by atoms with van der Waals surface area (Å²) in [5, 5.41) is 10.0. The quantitative estimate of drug-likeness (QED) is 0.844. The summed E-state index contributed by atoms with van der Waals surface area (Å²) < 4.78 is 1.70. The second kappa shape index (κ2) is 7.94. The maximum Gasteiger partial charge on any atom is 0.272 e. The zero-order valence-electron chi connectivity index (χ0n) is 14.3. The first-order valence-corrected chi connectivity index (χ1v) is 8.50. The van der Waals surface area contributed by atoms with Crippen LogP contribution in [0.15, 0.2) is 42.6 Å². The number of benzene rings is 1. The first-order chi connectivity index (χ1) is 12.2. The highest BCUT2D eigenvalue weighted by atomic mass is 16.2. The zero-order chi connectivity index (χ0) is 17.6. The minimum Gasteiger partial charge on any atom is -0.358 e. The van der Waals surface area contributed by atoms with Crippen molar-refractivity contribution in [2.24, 2.45) is 0 Å². The molecule has 0 unspecified atom stereocenters. The summed E-state index contributed by atoms with van der Waals surface area (Å²) in [6.07, 6.45) is 3.46. The third-order valence-electron chi connectivity index (χ3n) is 4.41. The number of aromatic nitrogens is 2. The Morgan fingerprint density at radius 1 is 1.16 bits per heavy atom. The van der Waals surface area contributed by atoms with E-state index in [0.717, 1.165) is 31.6 Å². The predicted molar refractivity (Wildman–Crippen MR) is 94.6 cm³/mol. The molecule has 1 aliphatic rings. The Labute approximate surface area is 147 Å².